The summed E-state index contributed by atoms with van der Waals surface area (Å²) in [5.74, 6) is 0.193. The summed E-state index contributed by atoms with van der Waals surface area (Å²) in [6.45, 7) is 4.10. The van der Waals surface area contributed by atoms with Gasteiger partial charge in [0, 0.05) is 25.6 Å². The number of carbonyl (C=O) groups is 1. The standard InChI is InChI=1S/C20H26N2O/c1-17(15-21-2)20(23)22(16-19-11-7-4-8-12-19)14-13-18-9-5-3-6-10-18/h3-12,17,21H,13-16H2,1-2H3. The highest BCUT2D eigenvalue weighted by Crippen LogP contribution is 2.11. The maximum atomic E-state index is 12.7. The van der Waals surface area contributed by atoms with E-state index in [1.54, 1.807) is 0 Å². The lowest BCUT2D eigenvalue weighted by Gasteiger charge is -2.26. The zero-order chi connectivity index (χ0) is 16.5. The van der Waals surface area contributed by atoms with E-state index in [1.807, 2.05) is 55.3 Å². The normalized spacial score (nSPS) is 11.9. The monoisotopic (exact) mass is 310 g/mol. The Labute approximate surface area is 139 Å². The fourth-order valence-corrected chi connectivity index (χ4v) is 2.68. The summed E-state index contributed by atoms with van der Waals surface area (Å²) < 4.78 is 0. The zero-order valence-electron chi connectivity index (χ0n) is 14.0. The van der Waals surface area contributed by atoms with Gasteiger partial charge in [-0.15, -0.1) is 0 Å². The van der Waals surface area contributed by atoms with Gasteiger partial charge in [0.1, 0.15) is 0 Å². The van der Waals surface area contributed by atoms with Crippen LogP contribution in [0.25, 0.3) is 0 Å². The van der Waals surface area contributed by atoms with Gasteiger partial charge >= 0.3 is 0 Å². The molecule has 1 amide bonds. The maximum Gasteiger partial charge on any atom is 0.226 e. The van der Waals surface area contributed by atoms with E-state index < -0.39 is 0 Å². The van der Waals surface area contributed by atoms with E-state index in [-0.39, 0.29) is 11.8 Å². The van der Waals surface area contributed by atoms with Gasteiger partial charge in [-0.25, -0.2) is 0 Å². The Balaban J connectivity index is 2.05. The van der Waals surface area contributed by atoms with Crippen LogP contribution in [0.2, 0.25) is 0 Å². The van der Waals surface area contributed by atoms with Crippen LogP contribution < -0.4 is 5.32 Å². The van der Waals surface area contributed by atoms with Crippen LogP contribution >= 0.6 is 0 Å². The Bertz CT molecular complexity index is 583. The molecule has 0 spiro atoms. The lowest BCUT2D eigenvalue weighted by atomic mass is 10.1. The summed E-state index contributed by atoms with van der Waals surface area (Å²) in [6.07, 6.45) is 0.881. The highest BCUT2D eigenvalue weighted by Gasteiger charge is 2.20. The second kappa shape index (κ2) is 9.11. The molecule has 1 atom stereocenters. The Morgan fingerprint density at radius 2 is 1.57 bits per heavy atom. The second-order valence-corrected chi connectivity index (χ2v) is 5.94. The Kier molecular flexibility index (Phi) is 6.82. The molecule has 0 bridgehead atoms. The third-order valence-corrected chi connectivity index (χ3v) is 3.97. The van der Waals surface area contributed by atoms with E-state index in [4.69, 9.17) is 0 Å². The molecule has 2 rings (SSSR count). The lowest BCUT2D eigenvalue weighted by Crippen LogP contribution is -2.39. The number of hydrogen-bond donors (Lipinski definition) is 1. The predicted octanol–water partition coefficient (Wildman–Crippen LogP) is 3.11. The SMILES string of the molecule is CNCC(C)C(=O)N(CCc1ccccc1)Cc1ccccc1. The van der Waals surface area contributed by atoms with Crippen LogP contribution in [0.1, 0.15) is 18.1 Å². The largest absolute Gasteiger partial charge is 0.338 e. The molecule has 0 aliphatic rings. The Morgan fingerprint density at radius 1 is 1.00 bits per heavy atom. The van der Waals surface area contributed by atoms with E-state index in [2.05, 4.69) is 29.6 Å². The number of nitrogens with zero attached hydrogens (tertiary/aromatic N) is 1. The fourth-order valence-electron chi connectivity index (χ4n) is 2.68. The minimum atomic E-state index is -0.0144. The van der Waals surface area contributed by atoms with Crippen LogP contribution in [-0.2, 0) is 17.8 Å². The van der Waals surface area contributed by atoms with Gasteiger partial charge in [0.15, 0.2) is 0 Å². The number of carbonyl (C=O) groups excluding carboxylic acids is 1. The maximum absolute atomic E-state index is 12.7. The van der Waals surface area contributed by atoms with Gasteiger partial charge < -0.3 is 10.2 Å². The molecule has 2 aromatic rings. The molecule has 3 heteroatoms. The molecule has 23 heavy (non-hydrogen) atoms. The number of nitrogens with one attached hydrogen (secondary N) is 1. The number of benzene rings is 2. The van der Waals surface area contributed by atoms with E-state index in [0.717, 1.165) is 13.0 Å². The molecule has 1 unspecified atom stereocenters. The summed E-state index contributed by atoms with van der Waals surface area (Å²) in [7, 11) is 1.88. The quantitative estimate of drug-likeness (QED) is 0.812. The average Bonchev–Trinajstić information content (AvgIpc) is 2.60. The summed E-state index contributed by atoms with van der Waals surface area (Å²) in [4.78, 5) is 14.7. The summed E-state index contributed by atoms with van der Waals surface area (Å²) in [5, 5.41) is 3.09. The van der Waals surface area contributed by atoms with Crippen molar-refractivity contribution in [2.75, 3.05) is 20.1 Å². The molecule has 2 aromatic carbocycles. The molecule has 3 nitrogen and oxygen atoms in total. The first-order chi connectivity index (χ1) is 11.2. The van der Waals surface area contributed by atoms with Crippen LogP contribution in [0, 0.1) is 5.92 Å². The van der Waals surface area contributed by atoms with Crippen molar-refractivity contribution in [1.82, 2.24) is 10.2 Å². The molecule has 122 valence electrons. The van der Waals surface area contributed by atoms with Crippen molar-refractivity contribution >= 4 is 5.91 Å². The van der Waals surface area contributed by atoms with Gasteiger partial charge in [-0.3, -0.25) is 4.79 Å². The second-order valence-electron chi connectivity index (χ2n) is 5.94. The van der Waals surface area contributed by atoms with E-state index in [0.29, 0.717) is 13.1 Å². The molecule has 0 radical (unpaired) electrons. The molecular formula is C20H26N2O. The van der Waals surface area contributed by atoms with E-state index in [1.165, 1.54) is 11.1 Å². The van der Waals surface area contributed by atoms with Crippen LogP contribution in [-0.4, -0.2) is 30.9 Å². The third-order valence-electron chi connectivity index (χ3n) is 3.97. The van der Waals surface area contributed by atoms with Crippen molar-refractivity contribution in [2.24, 2.45) is 5.92 Å². The minimum absolute atomic E-state index is 0.0144. The van der Waals surface area contributed by atoms with Crippen molar-refractivity contribution in [3.8, 4) is 0 Å². The predicted molar refractivity (Wildman–Crippen MR) is 95.1 cm³/mol. The van der Waals surface area contributed by atoms with Crippen LogP contribution in [0.3, 0.4) is 0 Å². The first-order valence-corrected chi connectivity index (χ1v) is 8.22. The molecule has 0 fully saturated rings. The smallest absolute Gasteiger partial charge is 0.226 e. The molecular weight excluding hydrogens is 284 g/mol. The fraction of sp³-hybridized carbons (Fsp3) is 0.350. The van der Waals surface area contributed by atoms with Crippen LogP contribution in [0.15, 0.2) is 60.7 Å². The number of rotatable bonds is 8. The molecule has 0 heterocycles. The van der Waals surface area contributed by atoms with Gasteiger partial charge in [0.25, 0.3) is 0 Å². The van der Waals surface area contributed by atoms with Crippen LogP contribution in [0.5, 0.6) is 0 Å². The molecule has 0 saturated heterocycles. The van der Waals surface area contributed by atoms with Crippen molar-refractivity contribution in [1.29, 1.82) is 0 Å². The van der Waals surface area contributed by atoms with Gasteiger partial charge in [-0.2, -0.15) is 0 Å². The van der Waals surface area contributed by atoms with Crippen molar-refractivity contribution in [3.63, 3.8) is 0 Å². The third kappa shape index (κ3) is 5.53. The first kappa shape index (κ1) is 17.2. The topological polar surface area (TPSA) is 32.3 Å². The molecule has 0 aliphatic heterocycles. The van der Waals surface area contributed by atoms with Gasteiger partial charge in [0.05, 0.1) is 0 Å². The van der Waals surface area contributed by atoms with Crippen molar-refractivity contribution < 1.29 is 4.79 Å². The number of amides is 1. The zero-order valence-corrected chi connectivity index (χ0v) is 14.0. The Hall–Kier alpha value is -2.13. The number of hydrogen-bond acceptors (Lipinski definition) is 2. The van der Waals surface area contributed by atoms with Crippen molar-refractivity contribution in [2.45, 2.75) is 19.9 Å². The average molecular weight is 310 g/mol. The molecule has 0 saturated carbocycles. The minimum Gasteiger partial charge on any atom is -0.338 e. The summed E-state index contributed by atoms with van der Waals surface area (Å²) >= 11 is 0. The molecule has 0 aromatic heterocycles. The molecule has 0 aliphatic carbocycles. The van der Waals surface area contributed by atoms with E-state index >= 15 is 0 Å². The van der Waals surface area contributed by atoms with E-state index in [9.17, 15) is 4.79 Å². The Morgan fingerprint density at radius 3 is 2.13 bits per heavy atom. The summed E-state index contributed by atoms with van der Waals surface area (Å²) in [6, 6.07) is 20.5. The first-order valence-electron chi connectivity index (χ1n) is 8.22. The molecule has 1 N–H and O–H groups in total. The highest BCUT2D eigenvalue weighted by molar-refractivity contribution is 5.78. The van der Waals surface area contributed by atoms with Gasteiger partial charge in [-0.1, -0.05) is 67.6 Å². The van der Waals surface area contributed by atoms with Crippen LogP contribution in [0.4, 0.5) is 0 Å². The van der Waals surface area contributed by atoms with Crippen molar-refractivity contribution in [3.05, 3.63) is 71.8 Å². The summed E-state index contributed by atoms with van der Waals surface area (Å²) in [5.41, 5.74) is 2.44. The van der Waals surface area contributed by atoms with Gasteiger partial charge in [-0.05, 0) is 24.6 Å². The lowest BCUT2D eigenvalue weighted by molar-refractivity contribution is -0.135. The highest BCUT2D eigenvalue weighted by atomic mass is 16.2. The van der Waals surface area contributed by atoms with Gasteiger partial charge in [0.2, 0.25) is 5.91 Å².